The van der Waals surface area contributed by atoms with Crippen LogP contribution in [0.2, 0.25) is 18.1 Å². The van der Waals surface area contributed by atoms with E-state index < -0.39 is 24.4 Å². The molecule has 0 aromatic heterocycles. The number of rotatable bonds is 13. The molecule has 0 saturated heterocycles. The summed E-state index contributed by atoms with van der Waals surface area (Å²) < 4.78 is 39.0. The number of phenolic OH excluding ortho intramolecular Hbond substituents is 1. The van der Waals surface area contributed by atoms with Crippen molar-refractivity contribution in [3.8, 4) is 11.5 Å². The van der Waals surface area contributed by atoms with Crippen molar-refractivity contribution in [1.82, 2.24) is 5.32 Å². The highest BCUT2D eigenvalue weighted by Gasteiger charge is 2.33. The van der Waals surface area contributed by atoms with Gasteiger partial charge in [-0.1, -0.05) is 42.8 Å². The smallest absolute Gasteiger partial charge is 0.258 e. The number of hydrogen-bond acceptors (Lipinski definition) is 6. The molecule has 2 aromatic rings. The van der Waals surface area contributed by atoms with Crippen LogP contribution in [0.3, 0.4) is 0 Å². The van der Waals surface area contributed by atoms with Gasteiger partial charge in [0.05, 0.1) is 18.0 Å². The first-order chi connectivity index (χ1) is 16.4. The molecule has 2 rings (SSSR count). The summed E-state index contributed by atoms with van der Waals surface area (Å²) in [7, 11) is -5.67. The van der Waals surface area contributed by atoms with Gasteiger partial charge in [-0.15, -0.1) is 0 Å². The molecule has 2 aromatic carbocycles. The minimum absolute atomic E-state index is 0.0654. The molecule has 0 radical (unpaired) electrons. The van der Waals surface area contributed by atoms with Crippen LogP contribution in [0.4, 0.5) is 5.69 Å². The van der Waals surface area contributed by atoms with Crippen molar-refractivity contribution in [3.63, 3.8) is 0 Å². The topological polar surface area (TPSA) is 114 Å². The largest absolute Gasteiger partial charge is 0.506 e. The van der Waals surface area contributed by atoms with Gasteiger partial charge in [-0.3, -0.25) is 9.52 Å². The highest BCUT2D eigenvalue weighted by molar-refractivity contribution is 9.10. The van der Waals surface area contributed by atoms with Crippen LogP contribution in [0, 0.1) is 6.92 Å². The van der Waals surface area contributed by atoms with Crippen LogP contribution in [0.15, 0.2) is 40.9 Å². The molecular formula is C24H35BrN2O6SSi. The Hall–Kier alpha value is -2.08. The fraction of sp³-hybridized carbons (Fsp3) is 0.458. The van der Waals surface area contributed by atoms with Gasteiger partial charge in [0.2, 0.25) is 10.0 Å². The number of aromatic hydroxyl groups is 1. The molecule has 0 bridgehead atoms. The van der Waals surface area contributed by atoms with Gasteiger partial charge in [-0.25, -0.2) is 8.42 Å². The second-order valence-electron chi connectivity index (χ2n) is 8.50. The number of carbonyl (C=O) groups excluding carboxylic acids is 1. The first-order valence-corrected chi connectivity index (χ1v) is 16.8. The number of amides is 1. The van der Waals surface area contributed by atoms with Crippen LogP contribution in [-0.2, 0) is 19.2 Å². The molecule has 1 atom stereocenters. The normalized spacial score (nSPS) is 12.7. The van der Waals surface area contributed by atoms with Gasteiger partial charge < -0.3 is 19.6 Å². The lowest BCUT2D eigenvalue weighted by molar-refractivity contribution is -0.123. The van der Waals surface area contributed by atoms with E-state index in [1.807, 2.05) is 19.1 Å². The van der Waals surface area contributed by atoms with E-state index in [1.54, 1.807) is 18.2 Å². The average molecular weight is 588 g/mol. The molecule has 0 aliphatic carbocycles. The maximum absolute atomic E-state index is 12.6. The number of benzene rings is 2. The van der Waals surface area contributed by atoms with Gasteiger partial charge in [0.1, 0.15) is 11.5 Å². The minimum Gasteiger partial charge on any atom is -0.506 e. The molecule has 8 nitrogen and oxygen atoms in total. The lowest BCUT2D eigenvalue weighted by Crippen LogP contribution is -2.41. The lowest BCUT2D eigenvalue weighted by Gasteiger charge is -2.34. The highest BCUT2D eigenvalue weighted by Crippen LogP contribution is 2.33. The number of halogens is 1. The van der Waals surface area contributed by atoms with E-state index in [4.69, 9.17) is 9.16 Å². The number of carbonyl (C=O) groups is 1. The Bertz CT molecular complexity index is 1120. The Labute approximate surface area is 217 Å². The van der Waals surface area contributed by atoms with Gasteiger partial charge >= 0.3 is 0 Å². The van der Waals surface area contributed by atoms with Crippen molar-refractivity contribution in [1.29, 1.82) is 0 Å². The van der Waals surface area contributed by atoms with E-state index >= 15 is 0 Å². The highest BCUT2D eigenvalue weighted by atomic mass is 79.9. The zero-order valence-corrected chi connectivity index (χ0v) is 24.3. The zero-order valence-electron chi connectivity index (χ0n) is 20.9. The minimum atomic E-state index is -3.59. The first-order valence-electron chi connectivity index (χ1n) is 11.6. The molecule has 0 aliphatic heterocycles. The van der Waals surface area contributed by atoms with Gasteiger partial charge in [-0.05, 0) is 66.5 Å². The van der Waals surface area contributed by atoms with Gasteiger partial charge in [0, 0.05) is 11.0 Å². The Morgan fingerprint density at radius 2 is 1.77 bits per heavy atom. The molecule has 0 spiro atoms. The molecule has 194 valence electrons. The summed E-state index contributed by atoms with van der Waals surface area (Å²) in [5.41, 5.74) is 1.73. The maximum Gasteiger partial charge on any atom is 0.258 e. The van der Waals surface area contributed by atoms with E-state index in [9.17, 15) is 18.3 Å². The van der Waals surface area contributed by atoms with E-state index in [1.165, 1.54) is 6.07 Å². The summed E-state index contributed by atoms with van der Waals surface area (Å²) in [4.78, 5) is 12.6. The second-order valence-corrected chi connectivity index (χ2v) is 15.8. The fourth-order valence-corrected chi connectivity index (χ4v) is 7.31. The van der Waals surface area contributed by atoms with E-state index in [-0.39, 0.29) is 30.5 Å². The molecular weight excluding hydrogens is 552 g/mol. The second kappa shape index (κ2) is 12.7. The molecule has 1 amide bonds. The van der Waals surface area contributed by atoms with Crippen LogP contribution >= 0.6 is 15.9 Å². The fourth-order valence-electron chi connectivity index (χ4n) is 3.68. The Morgan fingerprint density at radius 3 is 2.34 bits per heavy atom. The Balaban J connectivity index is 2.20. The maximum atomic E-state index is 12.6. The van der Waals surface area contributed by atoms with Gasteiger partial charge in [0.15, 0.2) is 14.9 Å². The summed E-state index contributed by atoms with van der Waals surface area (Å²) in [6.45, 7) is 8.29. The van der Waals surface area contributed by atoms with Gasteiger partial charge in [-0.2, -0.15) is 0 Å². The molecule has 0 aliphatic rings. The SMILES string of the molecule is CC[Si](CC)(CC)O[C@@H](CNC(=O)COc1ccc(Br)c(C)c1)c1ccc(O)c(NS(C)(=O)=O)c1. The van der Waals surface area contributed by atoms with Crippen molar-refractivity contribution in [3.05, 3.63) is 52.0 Å². The van der Waals surface area contributed by atoms with Crippen LogP contribution in [0.1, 0.15) is 38.0 Å². The molecule has 3 N–H and O–H groups in total. The third-order valence-corrected chi connectivity index (χ3v) is 12.1. The van der Waals surface area contributed by atoms with Crippen LogP contribution in [-0.4, -0.2) is 47.2 Å². The van der Waals surface area contributed by atoms with E-state index in [0.717, 1.165) is 34.4 Å². The average Bonchev–Trinajstić information content (AvgIpc) is 2.81. The number of hydrogen-bond donors (Lipinski definition) is 3. The Morgan fingerprint density at radius 1 is 1.11 bits per heavy atom. The number of anilines is 1. The third kappa shape index (κ3) is 8.82. The van der Waals surface area contributed by atoms with Crippen molar-refractivity contribution in [2.75, 3.05) is 24.1 Å². The standard InChI is InChI=1S/C24H35BrN2O6SSi/c1-6-35(7-2,8-3)33-23(18-9-12-22(28)21(14-18)27-34(5,30)31)15-26-24(29)16-32-19-10-11-20(25)17(4)13-19/h9-14,23,27-28H,6-8,15-16H2,1-5H3,(H,26,29)/t23-/m0/s1. The number of ether oxygens (including phenoxy) is 1. The Kier molecular flexibility index (Phi) is 10.6. The van der Waals surface area contributed by atoms with Crippen LogP contribution in [0.5, 0.6) is 11.5 Å². The van der Waals surface area contributed by atoms with Crippen molar-refractivity contribution in [2.24, 2.45) is 0 Å². The number of phenols is 1. The monoisotopic (exact) mass is 586 g/mol. The molecule has 0 heterocycles. The van der Waals surface area contributed by atoms with Crippen molar-refractivity contribution < 1.29 is 27.5 Å². The van der Waals surface area contributed by atoms with E-state index in [0.29, 0.717) is 11.3 Å². The van der Waals surface area contributed by atoms with Crippen molar-refractivity contribution >= 4 is 45.9 Å². The summed E-state index contributed by atoms with van der Waals surface area (Å²) in [6.07, 6.45) is 0.504. The summed E-state index contributed by atoms with van der Waals surface area (Å²) in [5.74, 6) is 0.104. The molecule has 35 heavy (non-hydrogen) atoms. The molecule has 11 heteroatoms. The molecule has 0 unspecified atom stereocenters. The van der Waals surface area contributed by atoms with Crippen LogP contribution < -0.4 is 14.8 Å². The lowest BCUT2D eigenvalue weighted by atomic mass is 10.1. The molecule has 0 fully saturated rings. The first kappa shape index (κ1) is 29.1. The van der Waals surface area contributed by atoms with Gasteiger partial charge in [0.25, 0.3) is 5.91 Å². The van der Waals surface area contributed by atoms with Crippen LogP contribution in [0.25, 0.3) is 0 Å². The summed E-state index contributed by atoms with van der Waals surface area (Å²) >= 11 is 3.44. The number of aryl methyl sites for hydroxylation is 1. The zero-order chi connectivity index (χ0) is 26.2. The number of nitrogens with one attached hydrogen (secondary N) is 2. The predicted octanol–water partition coefficient (Wildman–Crippen LogP) is 5.09. The van der Waals surface area contributed by atoms with Crippen molar-refractivity contribution in [2.45, 2.75) is 51.9 Å². The summed E-state index contributed by atoms with van der Waals surface area (Å²) in [6, 6.07) is 12.9. The summed E-state index contributed by atoms with van der Waals surface area (Å²) in [5, 5.41) is 13.0. The predicted molar refractivity (Wildman–Crippen MR) is 145 cm³/mol. The van der Waals surface area contributed by atoms with E-state index in [2.05, 4.69) is 46.7 Å². The number of sulfonamides is 1. The third-order valence-electron chi connectivity index (χ3n) is 6.00. The molecule has 0 saturated carbocycles. The quantitative estimate of drug-likeness (QED) is 0.222.